The average molecular weight is 516 g/mol. The lowest BCUT2D eigenvalue weighted by Crippen LogP contribution is -2.69. The summed E-state index contributed by atoms with van der Waals surface area (Å²) in [4.78, 5) is 60.2. The topological polar surface area (TPSA) is 163 Å². The van der Waals surface area contributed by atoms with Crippen molar-refractivity contribution in [2.75, 3.05) is 18.6 Å². The van der Waals surface area contributed by atoms with Crippen LogP contribution in [-0.2, 0) is 28.7 Å². The summed E-state index contributed by atoms with van der Waals surface area (Å²) in [5, 5.41) is 7.73. The molecule has 35 heavy (non-hydrogen) atoms. The first-order valence-electron chi connectivity index (χ1n) is 10.2. The van der Waals surface area contributed by atoms with Crippen LogP contribution in [0.3, 0.4) is 0 Å². The van der Waals surface area contributed by atoms with Crippen molar-refractivity contribution in [1.82, 2.24) is 15.2 Å². The number of thiazole rings is 1. The van der Waals surface area contributed by atoms with Gasteiger partial charge in [0.05, 0.1) is 11.1 Å². The van der Waals surface area contributed by atoms with E-state index in [9.17, 15) is 19.2 Å². The van der Waals surface area contributed by atoms with Crippen molar-refractivity contribution in [3.05, 3.63) is 58.2 Å². The second kappa shape index (κ2) is 9.03. The van der Waals surface area contributed by atoms with E-state index in [1.807, 2.05) is 0 Å². The van der Waals surface area contributed by atoms with E-state index in [2.05, 4.69) is 15.5 Å². The number of ether oxygens (including phenoxy) is 2. The van der Waals surface area contributed by atoms with Gasteiger partial charge in [-0.3, -0.25) is 9.59 Å². The van der Waals surface area contributed by atoms with Gasteiger partial charge in [0.15, 0.2) is 10.8 Å². The van der Waals surface area contributed by atoms with Crippen LogP contribution in [0.2, 0.25) is 0 Å². The highest BCUT2D eigenvalue weighted by molar-refractivity contribution is 8.00. The number of nitrogen functional groups attached to an aromatic ring is 1. The zero-order chi connectivity index (χ0) is 24.7. The van der Waals surface area contributed by atoms with E-state index in [0.29, 0.717) is 11.1 Å². The molecule has 0 saturated carbocycles. The van der Waals surface area contributed by atoms with Crippen molar-refractivity contribution in [1.29, 1.82) is 0 Å². The number of cyclic esters (lactones) is 1. The summed E-state index contributed by atoms with van der Waals surface area (Å²) >= 11 is 2.42. The first kappa shape index (κ1) is 22.9. The number of hydrogen-bond acceptors (Lipinski definition) is 12. The number of carbonyl (C=O) groups is 4. The SMILES string of the molecule is CON=C(C(=O)NC1C(=O)N2C=C(C(=O)OC3OC(=O)c4ccccc43)CS[C@H]12)c1csc(N)n1. The first-order valence-corrected chi connectivity index (χ1v) is 12.1. The molecule has 0 bridgehead atoms. The maximum atomic E-state index is 12.8. The molecule has 2 amide bonds. The number of carbonyl (C=O) groups excluding carboxylic acids is 4. The molecule has 1 aromatic heterocycles. The van der Waals surface area contributed by atoms with Crippen molar-refractivity contribution in [3.63, 3.8) is 0 Å². The Balaban J connectivity index is 1.24. The number of nitrogens with zero attached hydrogens (tertiary/aromatic N) is 3. The minimum Gasteiger partial charge on any atom is -0.417 e. The van der Waals surface area contributed by atoms with Crippen LogP contribution < -0.4 is 11.1 Å². The lowest BCUT2D eigenvalue weighted by atomic mass is 10.1. The van der Waals surface area contributed by atoms with E-state index >= 15 is 0 Å². The number of oxime groups is 1. The van der Waals surface area contributed by atoms with Gasteiger partial charge in [-0.15, -0.1) is 23.1 Å². The lowest BCUT2D eigenvalue weighted by Gasteiger charge is -2.47. The van der Waals surface area contributed by atoms with Crippen LogP contribution in [0, 0.1) is 0 Å². The maximum Gasteiger partial charge on any atom is 0.342 e. The Morgan fingerprint density at radius 3 is 2.86 bits per heavy atom. The van der Waals surface area contributed by atoms with Gasteiger partial charge in [0.25, 0.3) is 18.1 Å². The second-order valence-corrected chi connectivity index (χ2v) is 9.47. The molecule has 4 heterocycles. The van der Waals surface area contributed by atoms with Crippen molar-refractivity contribution in [2.45, 2.75) is 17.7 Å². The van der Waals surface area contributed by atoms with Crippen molar-refractivity contribution < 1.29 is 33.5 Å². The van der Waals surface area contributed by atoms with Crippen molar-refractivity contribution in [3.8, 4) is 0 Å². The number of nitrogens with one attached hydrogen (secondary N) is 1. The van der Waals surface area contributed by atoms with E-state index in [1.54, 1.807) is 29.6 Å². The van der Waals surface area contributed by atoms with Crippen LogP contribution in [0.25, 0.3) is 0 Å². The normalized spacial score (nSPS) is 22.9. The quantitative estimate of drug-likeness (QED) is 0.243. The van der Waals surface area contributed by atoms with Crippen molar-refractivity contribution >= 4 is 57.7 Å². The van der Waals surface area contributed by atoms with E-state index in [4.69, 9.17) is 20.0 Å². The first-order chi connectivity index (χ1) is 16.9. The summed E-state index contributed by atoms with van der Waals surface area (Å²) in [6, 6.07) is 5.80. The highest BCUT2D eigenvalue weighted by atomic mass is 32.2. The molecule has 14 heteroatoms. The van der Waals surface area contributed by atoms with Gasteiger partial charge >= 0.3 is 11.9 Å². The number of aromatic nitrogens is 1. The number of rotatable bonds is 6. The monoisotopic (exact) mass is 515 g/mol. The van der Waals surface area contributed by atoms with Crippen LogP contribution in [0.4, 0.5) is 5.13 Å². The lowest BCUT2D eigenvalue weighted by molar-refractivity contribution is -0.163. The Hall–Kier alpha value is -3.91. The fourth-order valence-corrected chi connectivity index (χ4v) is 5.49. The zero-order valence-electron chi connectivity index (χ0n) is 18.0. The van der Waals surface area contributed by atoms with Gasteiger partial charge in [-0.2, -0.15) is 0 Å². The van der Waals surface area contributed by atoms with Gasteiger partial charge in [0.1, 0.15) is 24.2 Å². The van der Waals surface area contributed by atoms with Crippen LogP contribution >= 0.6 is 23.1 Å². The third-order valence-corrected chi connectivity index (χ3v) is 7.35. The molecule has 2 aromatic rings. The molecule has 12 nitrogen and oxygen atoms in total. The highest BCUT2D eigenvalue weighted by Gasteiger charge is 2.50. The summed E-state index contributed by atoms with van der Waals surface area (Å²) in [6.07, 6.45) is 0.245. The summed E-state index contributed by atoms with van der Waals surface area (Å²) in [5.41, 5.74) is 6.77. The van der Waals surface area contributed by atoms with E-state index in [-0.39, 0.29) is 27.9 Å². The molecule has 0 spiro atoms. The molecule has 0 radical (unpaired) electrons. The van der Waals surface area contributed by atoms with Crippen LogP contribution in [0.15, 0.2) is 46.6 Å². The van der Waals surface area contributed by atoms with Crippen molar-refractivity contribution in [2.24, 2.45) is 5.16 Å². The molecule has 1 aromatic carbocycles. The minimum absolute atomic E-state index is 0.112. The minimum atomic E-state index is -1.15. The van der Waals surface area contributed by atoms with Gasteiger partial charge in [-0.25, -0.2) is 14.6 Å². The van der Waals surface area contributed by atoms with E-state index in [0.717, 1.165) is 11.3 Å². The number of β-lactam (4-membered cyclic amide) rings is 1. The van der Waals surface area contributed by atoms with Gasteiger partial charge < -0.3 is 30.3 Å². The Labute approximate surface area is 206 Å². The molecule has 1 fully saturated rings. The molecular formula is C21H17N5O7S2. The maximum absolute atomic E-state index is 12.8. The molecule has 0 aliphatic carbocycles. The average Bonchev–Trinajstić information content (AvgIpc) is 3.43. The number of benzene rings is 1. The number of nitrogens with two attached hydrogens (primary N) is 1. The summed E-state index contributed by atoms with van der Waals surface area (Å²) in [6.45, 7) is 0. The zero-order valence-corrected chi connectivity index (χ0v) is 19.6. The third kappa shape index (κ3) is 4.10. The number of thioether (sulfide) groups is 1. The predicted octanol–water partition coefficient (Wildman–Crippen LogP) is 0.772. The van der Waals surface area contributed by atoms with Gasteiger partial charge in [-0.1, -0.05) is 23.4 Å². The van der Waals surface area contributed by atoms with Crippen LogP contribution in [0.1, 0.15) is 27.9 Å². The fraction of sp³-hybridized carbons (Fsp3) is 0.238. The largest absolute Gasteiger partial charge is 0.417 e. The standard InChI is InChI=1S/C21H17N5O7S2/c1-31-25-13(12-8-35-21(22)23-12)15(27)24-14-16(28)26-6-9(7-34-17(14)26)18(29)32-20-11-5-3-2-4-10(11)19(30)33-20/h2-6,8,14,17,20H,7H2,1H3,(H2,22,23)(H,24,27)/t14?,17-,20?/m1/s1. The van der Waals surface area contributed by atoms with Crippen LogP contribution in [0.5, 0.6) is 0 Å². The smallest absolute Gasteiger partial charge is 0.342 e. The third-order valence-electron chi connectivity index (χ3n) is 5.36. The molecular weight excluding hydrogens is 498 g/mol. The fourth-order valence-electron chi connectivity index (χ4n) is 3.70. The Morgan fingerprint density at radius 2 is 2.11 bits per heavy atom. The molecule has 5 rings (SSSR count). The summed E-state index contributed by atoms with van der Waals surface area (Å²) in [7, 11) is 1.28. The Kier molecular flexibility index (Phi) is 5.90. The second-order valence-electron chi connectivity index (χ2n) is 7.48. The Morgan fingerprint density at radius 1 is 1.31 bits per heavy atom. The summed E-state index contributed by atoms with van der Waals surface area (Å²) in [5.74, 6) is -2.11. The van der Waals surface area contributed by atoms with Gasteiger partial charge in [0, 0.05) is 22.9 Å². The Bertz CT molecular complexity index is 1310. The van der Waals surface area contributed by atoms with Crippen LogP contribution in [-0.4, -0.2) is 63.6 Å². The number of anilines is 1. The number of fused-ring (bicyclic) bond motifs is 2. The highest BCUT2D eigenvalue weighted by Crippen LogP contribution is 2.38. The number of esters is 2. The molecule has 3 N–H and O–H groups in total. The van der Waals surface area contributed by atoms with Gasteiger partial charge in [0.2, 0.25) is 0 Å². The molecule has 3 atom stereocenters. The van der Waals surface area contributed by atoms with Gasteiger partial charge in [-0.05, 0) is 6.07 Å². The molecule has 2 unspecified atom stereocenters. The molecule has 3 aliphatic heterocycles. The van der Waals surface area contributed by atoms with E-state index < -0.39 is 41.5 Å². The molecule has 1 saturated heterocycles. The number of amides is 2. The number of hydrogen-bond donors (Lipinski definition) is 2. The summed E-state index contributed by atoms with van der Waals surface area (Å²) < 4.78 is 10.5. The van der Waals surface area contributed by atoms with E-state index in [1.165, 1.54) is 30.0 Å². The molecule has 3 aliphatic rings. The molecule has 180 valence electrons. The predicted molar refractivity (Wildman–Crippen MR) is 124 cm³/mol.